The Hall–Kier alpha value is 0.570. The summed E-state index contributed by atoms with van der Waals surface area (Å²) in [5.41, 5.74) is 6.46. The number of hydrogen-bond donors (Lipinski definition) is 4. The van der Waals surface area contributed by atoms with E-state index < -0.39 is 35.1 Å². The molecule has 4 nitrogen and oxygen atoms in total. The molecule has 4 aliphatic rings. The fourth-order valence-corrected chi connectivity index (χ4v) is 18.7. The van der Waals surface area contributed by atoms with Crippen molar-refractivity contribution >= 4 is 19.8 Å². The molecule has 2 heterocycles. The van der Waals surface area contributed by atoms with Gasteiger partial charge in [-0.05, 0) is 0 Å². The minimum absolute atomic E-state index is 0.0159. The third kappa shape index (κ3) is 4.04. The standard InChI is InChI=1S/C26H48INO3/c1-16(2)7-6-13-25(5,31)21-12-14-27-20-10-9-19-17(8-11-22(29)24(19,3)4)18(20)15-23(30)26(21,27)28/h16-23,29-31H,6-15,28H2,1-5H3/t17?,18?,19?,20?,21?,22?,23?,25-,26?/m1/s1. The number of aliphatic hydroxyl groups is 3. The van der Waals surface area contributed by atoms with Gasteiger partial charge in [-0.1, -0.05) is 0 Å². The summed E-state index contributed by atoms with van der Waals surface area (Å²) in [5.74, 6) is 2.51. The molecule has 31 heavy (non-hydrogen) atoms. The van der Waals surface area contributed by atoms with Crippen molar-refractivity contribution in [2.45, 2.75) is 118 Å². The van der Waals surface area contributed by atoms with Gasteiger partial charge in [-0.3, -0.25) is 0 Å². The molecule has 2 aliphatic heterocycles. The number of fused-ring (bicyclic) bond motifs is 5. The zero-order valence-corrected chi connectivity index (χ0v) is 22.6. The average Bonchev–Trinajstić information content (AvgIpc) is 3.04. The second-order valence-electron chi connectivity index (χ2n) is 12.6. The van der Waals surface area contributed by atoms with Gasteiger partial charge >= 0.3 is 198 Å². The van der Waals surface area contributed by atoms with Crippen molar-refractivity contribution in [2.24, 2.45) is 40.7 Å². The van der Waals surface area contributed by atoms with Crippen LogP contribution >= 0.6 is 19.8 Å². The van der Waals surface area contributed by atoms with E-state index in [1.807, 2.05) is 6.92 Å². The Kier molecular flexibility index (Phi) is 6.89. The molecule has 0 amide bonds. The fraction of sp³-hybridized carbons (Fsp3) is 1.00. The summed E-state index contributed by atoms with van der Waals surface area (Å²) in [6, 6.07) is 0. The van der Waals surface area contributed by atoms with E-state index in [0.29, 0.717) is 23.7 Å². The topological polar surface area (TPSA) is 86.7 Å². The summed E-state index contributed by atoms with van der Waals surface area (Å²) < 4.78 is 1.43. The van der Waals surface area contributed by atoms with Gasteiger partial charge in [0, 0.05) is 0 Å². The van der Waals surface area contributed by atoms with E-state index in [1.165, 1.54) is 17.3 Å². The summed E-state index contributed by atoms with van der Waals surface area (Å²) in [6.07, 6.45) is 8.62. The second kappa shape index (κ2) is 8.66. The molecule has 0 spiro atoms. The van der Waals surface area contributed by atoms with Crippen LogP contribution in [-0.2, 0) is 0 Å². The monoisotopic (exact) mass is 549 g/mol. The zero-order chi connectivity index (χ0) is 22.8. The molecule has 0 aromatic rings. The first-order valence-electron chi connectivity index (χ1n) is 12.9. The summed E-state index contributed by atoms with van der Waals surface area (Å²) >= 11 is -1.66. The average molecular weight is 550 g/mol. The number of halogens is 1. The quantitative estimate of drug-likeness (QED) is 0.228. The number of alkyl halides is 3. The van der Waals surface area contributed by atoms with Gasteiger partial charge in [0.05, 0.1) is 0 Å². The Morgan fingerprint density at radius 1 is 1.03 bits per heavy atom. The van der Waals surface area contributed by atoms with Gasteiger partial charge in [-0.2, -0.15) is 0 Å². The Balaban J connectivity index is 1.54. The number of aliphatic hydroxyl groups excluding tert-OH is 2. The third-order valence-electron chi connectivity index (χ3n) is 9.99. The van der Waals surface area contributed by atoms with Gasteiger partial charge in [-0.25, -0.2) is 0 Å². The zero-order valence-electron chi connectivity index (χ0n) is 20.5. The Bertz CT molecular complexity index is 653. The van der Waals surface area contributed by atoms with Crippen LogP contribution in [0.15, 0.2) is 0 Å². The van der Waals surface area contributed by atoms with Crippen LogP contribution < -0.4 is 5.73 Å². The van der Waals surface area contributed by atoms with E-state index in [-0.39, 0.29) is 17.4 Å². The number of nitrogens with two attached hydrogens (primary N) is 1. The summed E-state index contributed by atoms with van der Waals surface area (Å²) in [4.78, 5) is 0. The third-order valence-corrected chi connectivity index (χ3v) is 19.1. The first-order valence-corrected chi connectivity index (χ1v) is 16.8. The van der Waals surface area contributed by atoms with Crippen molar-refractivity contribution in [2.75, 3.05) is 4.43 Å². The van der Waals surface area contributed by atoms with Gasteiger partial charge in [-0.15, -0.1) is 0 Å². The molecular formula is C26H48INO3. The molecule has 4 rings (SSSR count). The molecule has 8 unspecified atom stereocenters. The number of hydrogen-bond acceptors (Lipinski definition) is 4. The maximum atomic E-state index is 11.6. The first-order chi connectivity index (χ1) is 14.4. The van der Waals surface area contributed by atoms with E-state index in [2.05, 4.69) is 27.7 Å². The fourth-order valence-electron chi connectivity index (χ4n) is 8.12. The van der Waals surface area contributed by atoms with Gasteiger partial charge in [0.15, 0.2) is 0 Å². The van der Waals surface area contributed by atoms with Crippen molar-refractivity contribution in [1.82, 2.24) is 0 Å². The SMILES string of the molecule is CC(C)CCC[C@@](C)(O)C1CCI2C3CCC4C(CCC(O)C4(C)C)C3CC(O)C12N. The summed E-state index contributed by atoms with van der Waals surface area (Å²) in [6.45, 7) is 11.0. The molecule has 2 saturated carbocycles. The van der Waals surface area contributed by atoms with Crippen molar-refractivity contribution in [3.05, 3.63) is 0 Å². The van der Waals surface area contributed by atoms with Gasteiger partial charge in [0.25, 0.3) is 0 Å². The van der Waals surface area contributed by atoms with Crippen molar-refractivity contribution in [3.8, 4) is 0 Å². The summed E-state index contributed by atoms with van der Waals surface area (Å²) in [7, 11) is 0. The molecule has 2 aliphatic carbocycles. The van der Waals surface area contributed by atoms with Gasteiger partial charge in [0.2, 0.25) is 0 Å². The summed E-state index contributed by atoms with van der Waals surface area (Å²) in [5, 5.41) is 33.7. The van der Waals surface area contributed by atoms with Crippen LogP contribution in [0.4, 0.5) is 0 Å². The van der Waals surface area contributed by atoms with Crippen LogP contribution in [0.25, 0.3) is 0 Å². The Labute approximate surface area is 197 Å². The first kappa shape index (κ1) is 24.7. The van der Waals surface area contributed by atoms with E-state index in [4.69, 9.17) is 5.73 Å². The van der Waals surface area contributed by atoms with Crippen LogP contribution in [0, 0.1) is 35.0 Å². The molecule has 5 N–H and O–H groups in total. The van der Waals surface area contributed by atoms with Crippen molar-refractivity contribution < 1.29 is 15.3 Å². The predicted octanol–water partition coefficient (Wildman–Crippen LogP) is 4.70. The van der Waals surface area contributed by atoms with Crippen LogP contribution in [0.3, 0.4) is 0 Å². The second-order valence-corrected chi connectivity index (χ2v) is 19.4. The molecule has 5 heteroatoms. The molecule has 0 aromatic carbocycles. The normalized spacial score (nSPS) is 47.4. The number of rotatable bonds is 5. The molecule has 0 aromatic heterocycles. The van der Waals surface area contributed by atoms with E-state index >= 15 is 0 Å². The van der Waals surface area contributed by atoms with E-state index in [0.717, 1.165) is 48.9 Å². The van der Waals surface area contributed by atoms with Crippen molar-refractivity contribution in [3.63, 3.8) is 0 Å². The van der Waals surface area contributed by atoms with E-state index in [9.17, 15) is 15.3 Å². The Morgan fingerprint density at radius 3 is 2.42 bits per heavy atom. The van der Waals surface area contributed by atoms with Crippen LogP contribution in [0.2, 0.25) is 0 Å². The van der Waals surface area contributed by atoms with Gasteiger partial charge in [0.1, 0.15) is 0 Å². The Morgan fingerprint density at radius 2 is 1.74 bits per heavy atom. The predicted molar refractivity (Wildman–Crippen MR) is 136 cm³/mol. The van der Waals surface area contributed by atoms with Gasteiger partial charge < -0.3 is 0 Å². The molecule has 0 radical (unpaired) electrons. The molecule has 182 valence electrons. The molecule has 4 fully saturated rings. The van der Waals surface area contributed by atoms with Crippen LogP contribution in [-0.4, -0.2) is 45.0 Å². The molecule has 0 bridgehead atoms. The maximum absolute atomic E-state index is 11.6. The molecule has 9 atom stereocenters. The molecular weight excluding hydrogens is 501 g/mol. The minimum atomic E-state index is -1.66. The van der Waals surface area contributed by atoms with E-state index in [1.54, 1.807) is 0 Å². The van der Waals surface area contributed by atoms with Crippen molar-refractivity contribution in [1.29, 1.82) is 0 Å². The van der Waals surface area contributed by atoms with Crippen LogP contribution in [0.5, 0.6) is 0 Å². The molecule has 2 saturated heterocycles. The van der Waals surface area contributed by atoms with Crippen LogP contribution in [0.1, 0.15) is 92.4 Å².